The number of likely N-dealkylation sites (tertiary alicyclic amines) is 1. The lowest BCUT2D eigenvalue weighted by Crippen LogP contribution is -2.44. The van der Waals surface area contributed by atoms with Gasteiger partial charge in [0.2, 0.25) is 0 Å². The fourth-order valence-corrected chi connectivity index (χ4v) is 3.54. The summed E-state index contributed by atoms with van der Waals surface area (Å²) in [6.45, 7) is 6.57. The van der Waals surface area contributed by atoms with E-state index in [2.05, 4.69) is 34.7 Å². The van der Waals surface area contributed by atoms with Gasteiger partial charge in [0.05, 0.1) is 0 Å². The highest BCUT2D eigenvalue weighted by molar-refractivity contribution is 9.10. The summed E-state index contributed by atoms with van der Waals surface area (Å²) >= 11 is 3.01. The van der Waals surface area contributed by atoms with Gasteiger partial charge in [-0.25, -0.2) is 8.78 Å². The van der Waals surface area contributed by atoms with Crippen molar-refractivity contribution in [3.8, 4) is 5.75 Å². The minimum absolute atomic E-state index is 0.130. The summed E-state index contributed by atoms with van der Waals surface area (Å²) in [5.74, 6) is -0.808. The largest absolute Gasteiger partial charge is 0.485 e. The molecule has 1 saturated heterocycles. The normalized spacial score (nSPS) is 24.3. The lowest BCUT2D eigenvalue weighted by molar-refractivity contribution is 0.0410. The van der Waals surface area contributed by atoms with E-state index in [-0.39, 0.29) is 6.61 Å². The van der Waals surface area contributed by atoms with E-state index in [0.717, 1.165) is 25.2 Å². The minimum Gasteiger partial charge on any atom is -0.485 e. The van der Waals surface area contributed by atoms with Gasteiger partial charge >= 0.3 is 0 Å². The Kier molecular flexibility index (Phi) is 6.17. The molecular formula is C16H22BrF2NO2. The fraction of sp³-hybridized carbons (Fsp3) is 0.625. The molecule has 1 N–H and O–H groups in total. The molecule has 2 rings (SSSR count). The summed E-state index contributed by atoms with van der Waals surface area (Å²) in [6.07, 6.45) is 0.415. The number of ether oxygens (including phenoxy) is 1. The molecule has 1 aromatic carbocycles. The lowest BCUT2D eigenvalue weighted by Gasteiger charge is -2.35. The molecule has 3 nitrogen and oxygen atoms in total. The van der Waals surface area contributed by atoms with Crippen LogP contribution in [-0.2, 0) is 0 Å². The zero-order valence-corrected chi connectivity index (χ0v) is 14.4. The van der Waals surface area contributed by atoms with Gasteiger partial charge < -0.3 is 14.7 Å². The van der Waals surface area contributed by atoms with Crippen molar-refractivity contribution in [2.45, 2.75) is 26.4 Å². The molecule has 0 saturated carbocycles. The zero-order chi connectivity index (χ0) is 16.3. The number of benzene rings is 1. The molecule has 0 bridgehead atoms. The molecule has 6 heteroatoms. The summed E-state index contributed by atoms with van der Waals surface area (Å²) in [5.41, 5.74) is 0. The maximum atomic E-state index is 13.6. The molecule has 0 radical (unpaired) electrons. The lowest BCUT2D eigenvalue weighted by atomic mass is 9.92. The number of halogens is 3. The third kappa shape index (κ3) is 4.89. The monoisotopic (exact) mass is 377 g/mol. The fourth-order valence-electron chi connectivity index (χ4n) is 3.14. The van der Waals surface area contributed by atoms with Gasteiger partial charge in [-0.15, -0.1) is 0 Å². The summed E-state index contributed by atoms with van der Waals surface area (Å²) < 4.78 is 32.7. The number of rotatable bonds is 5. The molecule has 0 aliphatic carbocycles. The van der Waals surface area contributed by atoms with Gasteiger partial charge in [-0.3, -0.25) is 0 Å². The van der Waals surface area contributed by atoms with Crippen LogP contribution >= 0.6 is 15.9 Å². The van der Waals surface area contributed by atoms with Gasteiger partial charge in [0.15, 0.2) is 17.4 Å². The second-order valence-corrected chi connectivity index (χ2v) is 7.24. The van der Waals surface area contributed by atoms with Crippen molar-refractivity contribution in [3.63, 3.8) is 0 Å². The Labute approximate surface area is 138 Å². The van der Waals surface area contributed by atoms with E-state index in [1.165, 1.54) is 6.42 Å². The Balaban J connectivity index is 1.86. The van der Waals surface area contributed by atoms with Gasteiger partial charge in [-0.1, -0.05) is 29.8 Å². The number of β-amino-alcohol motifs (C(OH)–C–C–N with tert-alkyl or cyclic N) is 1. The van der Waals surface area contributed by atoms with Crippen LogP contribution in [0, 0.1) is 23.5 Å². The average molecular weight is 378 g/mol. The molecule has 0 unspecified atom stereocenters. The maximum absolute atomic E-state index is 13.6. The Bertz CT molecular complexity index is 482. The first kappa shape index (κ1) is 17.6. The van der Waals surface area contributed by atoms with Crippen LogP contribution in [0.4, 0.5) is 8.78 Å². The van der Waals surface area contributed by atoms with Crippen LogP contribution in [0.1, 0.15) is 20.3 Å². The molecule has 1 heterocycles. The molecular weight excluding hydrogens is 356 g/mol. The standard InChI is InChI=1S/C16H22BrF2NO2/c1-10-3-11(2)7-20(6-10)8-13(21)9-22-16-14(18)4-12(17)5-15(16)19/h4-5,10-11,13,21H,3,6-9H2,1-2H3/t10-,11-,13-/m0/s1. The summed E-state index contributed by atoms with van der Waals surface area (Å²) in [7, 11) is 0. The Morgan fingerprint density at radius 1 is 1.27 bits per heavy atom. The first-order chi connectivity index (χ1) is 10.3. The summed E-state index contributed by atoms with van der Waals surface area (Å²) in [4.78, 5) is 2.18. The average Bonchev–Trinajstić information content (AvgIpc) is 2.35. The quantitative estimate of drug-likeness (QED) is 0.852. The first-order valence-corrected chi connectivity index (χ1v) is 8.32. The second kappa shape index (κ2) is 7.70. The maximum Gasteiger partial charge on any atom is 0.190 e. The van der Waals surface area contributed by atoms with Gasteiger partial charge in [0, 0.05) is 24.1 Å². The van der Waals surface area contributed by atoms with Crippen LogP contribution in [0.2, 0.25) is 0 Å². The van der Waals surface area contributed by atoms with E-state index in [0.29, 0.717) is 22.9 Å². The van der Waals surface area contributed by atoms with Gasteiger partial charge in [-0.05, 0) is 30.4 Å². The number of nitrogens with zero attached hydrogens (tertiary/aromatic N) is 1. The topological polar surface area (TPSA) is 32.7 Å². The third-order valence-corrected chi connectivity index (χ3v) is 4.25. The van der Waals surface area contributed by atoms with E-state index >= 15 is 0 Å². The van der Waals surface area contributed by atoms with E-state index in [4.69, 9.17) is 4.74 Å². The number of hydrogen-bond acceptors (Lipinski definition) is 3. The highest BCUT2D eigenvalue weighted by atomic mass is 79.9. The molecule has 0 spiro atoms. The Morgan fingerprint density at radius 2 is 1.82 bits per heavy atom. The summed E-state index contributed by atoms with van der Waals surface area (Å²) in [6, 6.07) is 2.28. The van der Waals surface area contributed by atoms with Crippen molar-refractivity contribution >= 4 is 15.9 Å². The van der Waals surface area contributed by atoms with Crippen LogP contribution in [0.15, 0.2) is 16.6 Å². The van der Waals surface area contributed by atoms with Crippen molar-refractivity contribution in [2.24, 2.45) is 11.8 Å². The van der Waals surface area contributed by atoms with Crippen LogP contribution in [0.25, 0.3) is 0 Å². The van der Waals surface area contributed by atoms with E-state index < -0.39 is 23.5 Å². The van der Waals surface area contributed by atoms with Crippen LogP contribution in [0.3, 0.4) is 0 Å². The molecule has 0 amide bonds. The molecule has 22 heavy (non-hydrogen) atoms. The highest BCUT2D eigenvalue weighted by Gasteiger charge is 2.24. The van der Waals surface area contributed by atoms with Gasteiger partial charge in [0.25, 0.3) is 0 Å². The molecule has 3 atom stereocenters. The van der Waals surface area contributed by atoms with Gasteiger partial charge in [-0.2, -0.15) is 0 Å². The van der Waals surface area contributed by atoms with Crippen LogP contribution in [-0.4, -0.2) is 42.4 Å². The third-order valence-electron chi connectivity index (χ3n) is 3.80. The van der Waals surface area contributed by atoms with Crippen molar-refractivity contribution < 1.29 is 18.6 Å². The van der Waals surface area contributed by atoms with Crippen molar-refractivity contribution in [1.29, 1.82) is 0 Å². The van der Waals surface area contributed by atoms with E-state index in [1.54, 1.807) is 0 Å². The Morgan fingerprint density at radius 3 is 2.36 bits per heavy atom. The molecule has 1 fully saturated rings. The second-order valence-electron chi connectivity index (χ2n) is 6.33. The van der Waals surface area contributed by atoms with Crippen molar-refractivity contribution in [2.75, 3.05) is 26.2 Å². The van der Waals surface area contributed by atoms with Gasteiger partial charge in [0.1, 0.15) is 12.7 Å². The molecule has 124 valence electrons. The minimum atomic E-state index is -0.778. The van der Waals surface area contributed by atoms with E-state index in [9.17, 15) is 13.9 Å². The van der Waals surface area contributed by atoms with Crippen molar-refractivity contribution in [3.05, 3.63) is 28.2 Å². The predicted molar refractivity (Wildman–Crippen MR) is 84.9 cm³/mol. The zero-order valence-electron chi connectivity index (χ0n) is 12.9. The highest BCUT2D eigenvalue weighted by Crippen LogP contribution is 2.26. The first-order valence-electron chi connectivity index (χ1n) is 7.53. The number of hydrogen-bond donors (Lipinski definition) is 1. The number of piperidine rings is 1. The van der Waals surface area contributed by atoms with E-state index in [1.807, 2.05) is 0 Å². The smallest absolute Gasteiger partial charge is 0.190 e. The predicted octanol–water partition coefficient (Wildman–Crippen LogP) is 3.44. The molecule has 0 aromatic heterocycles. The number of aliphatic hydroxyl groups is 1. The van der Waals surface area contributed by atoms with Crippen molar-refractivity contribution in [1.82, 2.24) is 4.90 Å². The van der Waals surface area contributed by atoms with Crippen LogP contribution < -0.4 is 4.74 Å². The van der Waals surface area contributed by atoms with Crippen LogP contribution in [0.5, 0.6) is 5.75 Å². The number of aliphatic hydroxyl groups excluding tert-OH is 1. The molecule has 1 aliphatic rings. The molecule has 1 aromatic rings. The summed E-state index contributed by atoms with van der Waals surface area (Å²) in [5, 5.41) is 10.1. The molecule has 1 aliphatic heterocycles. The SMILES string of the molecule is C[C@H]1C[C@H](C)CN(C[C@H](O)COc2c(F)cc(Br)cc2F)C1. The Hall–Kier alpha value is -0.720.